The van der Waals surface area contributed by atoms with Gasteiger partial charge in [-0.2, -0.15) is 0 Å². The van der Waals surface area contributed by atoms with Gasteiger partial charge in [0, 0.05) is 18.5 Å². The molecule has 2 N–H and O–H groups in total. The van der Waals surface area contributed by atoms with E-state index in [0.717, 1.165) is 37.1 Å². The summed E-state index contributed by atoms with van der Waals surface area (Å²) in [6.45, 7) is 4.70. The Bertz CT molecular complexity index is 920. The highest BCUT2D eigenvalue weighted by Crippen LogP contribution is 2.47. The maximum absolute atomic E-state index is 13.5. The van der Waals surface area contributed by atoms with Gasteiger partial charge < -0.3 is 15.1 Å². The molecule has 5 heteroatoms. The van der Waals surface area contributed by atoms with Gasteiger partial charge in [-0.1, -0.05) is 18.2 Å². The third-order valence-electron chi connectivity index (χ3n) is 6.94. The number of hydrogen-bond donors (Lipinski definition) is 2. The third-order valence-corrected chi connectivity index (χ3v) is 6.94. The lowest BCUT2D eigenvalue weighted by atomic mass is 9.75. The number of benzene rings is 2. The first-order chi connectivity index (χ1) is 13.5. The first-order valence-electron chi connectivity index (χ1n) is 10.2. The zero-order chi connectivity index (χ0) is 19.4. The number of aromatic hydroxyl groups is 2. The average molecular weight is 378 g/mol. The molecule has 4 aliphatic heterocycles. The van der Waals surface area contributed by atoms with Crippen molar-refractivity contribution in [2.24, 2.45) is 5.92 Å². The number of phenolic OH excluding ortho intramolecular Hbond substituents is 2. The minimum atomic E-state index is -0.0797. The van der Waals surface area contributed by atoms with Gasteiger partial charge in [0.25, 0.3) is 5.91 Å². The zero-order valence-corrected chi connectivity index (χ0v) is 16.1. The molecule has 1 amide bonds. The van der Waals surface area contributed by atoms with Crippen LogP contribution in [0, 0.1) is 12.8 Å². The Morgan fingerprint density at radius 2 is 1.82 bits per heavy atom. The first kappa shape index (κ1) is 17.6. The number of carbonyl (C=O) groups excluding carboxylic acids is 1. The number of hydrogen-bond acceptors (Lipinski definition) is 4. The van der Waals surface area contributed by atoms with Crippen molar-refractivity contribution in [3.05, 3.63) is 59.2 Å². The van der Waals surface area contributed by atoms with Crippen molar-refractivity contribution in [2.45, 2.75) is 37.8 Å². The molecule has 0 aliphatic carbocycles. The first-order valence-corrected chi connectivity index (χ1v) is 10.2. The molecule has 4 heterocycles. The standard InChI is InChI=1S/C23H26N2O3/c1-14-5-6-18(20(27)11-14)23(28)25-13-19(16-3-2-4-17(26)12-16)22-21(25)15-7-9-24(22)10-8-15/h2-6,11-12,15,19,21-22,26-27H,7-10,13H2,1H3/t19-,21+,22+/m1/s1. The Morgan fingerprint density at radius 1 is 1.04 bits per heavy atom. The Labute approximate surface area is 165 Å². The fraction of sp³-hybridized carbons (Fsp3) is 0.435. The Hall–Kier alpha value is -2.53. The summed E-state index contributed by atoms with van der Waals surface area (Å²) in [5, 5.41) is 20.4. The highest BCUT2D eigenvalue weighted by molar-refractivity contribution is 5.97. The summed E-state index contributed by atoms with van der Waals surface area (Å²) in [7, 11) is 0. The number of amides is 1. The van der Waals surface area contributed by atoms with E-state index in [1.165, 1.54) is 0 Å². The van der Waals surface area contributed by atoms with Crippen LogP contribution in [0.5, 0.6) is 11.5 Å². The lowest BCUT2D eigenvalue weighted by Gasteiger charge is -2.51. The molecule has 0 aromatic heterocycles. The molecule has 0 spiro atoms. The predicted octanol–water partition coefficient (Wildman–Crippen LogP) is 3.11. The quantitative estimate of drug-likeness (QED) is 0.843. The van der Waals surface area contributed by atoms with Crippen LogP contribution in [0.4, 0.5) is 0 Å². The van der Waals surface area contributed by atoms with Gasteiger partial charge >= 0.3 is 0 Å². The van der Waals surface area contributed by atoms with E-state index >= 15 is 0 Å². The van der Waals surface area contributed by atoms with Gasteiger partial charge in [-0.05, 0) is 74.2 Å². The van der Waals surface area contributed by atoms with Crippen molar-refractivity contribution in [3.8, 4) is 11.5 Å². The molecule has 28 heavy (non-hydrogen) atoms. The van der Waals surface area contributed by atoms with Crippen molar-refractivity contribution in [1.29, 1.82) is 0 Å². The molecule has 2 bridgehead atoms. The average Bonchev–Trinajstić information content (AvgIpc) is 3.11. The summed E-state index contributed by atoms with van der Waals surface area (Å²) in [6.07, 6.45) is 2.25. The van der Waals surface area contributed by atoms with E-state index in [1.807, 2.05) is 30.0 Å². The summed E-state index contributed by atoms with van der Waals surface area (Å²) in [4.78, 5) is 18.0. The normalized spacial score (nSPS) is 31.0. The van der Waals surface area contributed by atoms with Crippen LogP contribution in [0.15, 0.2) is 42.5 Å². The number of carbonyl (C=O) groups is 1. The van der Waals surface area contributed by atoms with Crippen LogP contribution in [-0.4, -0.2) is 57.6 Å². The van der Waals surface area contributed by atoms with Gasteiger partial charge in [-0.15, -0.1) is 0 Å². The number of phenols is 2. The second-order valence-corrected chi connectivity index (χ2v) is 8.53. The smallest absolute Gasteiger partial charge is 0.257 e. The second-order valence-electron chi connectivity index (χ2n) is 8.53. The minimum absolute atomic E-state index is 0.0589. The summed E-state index contributed by atoms with van der Waals surface area (Å²) >= 11 is 0. The predicted molar refractivity (Wildman–Crippen MR) is 107 cm³/mol. The lowest BCUT2D eigenvalue weighted by Crippen LogP contribution is -2.60. The van der Waals surface area contributed by atoms with Crippen LogP contribution in [0.3, 0.4) is 0 Å². The maximum Gasteiger partial charge on any atom is 0.257 e. The van der Waals surface area contributed by atoms with Crippen molar-refractivity contribution in [3.63, 3.8) is 0 Å². The fourth-order valence-electron chi connectivity index (χ4n) is 5.68. The molecule has 4 saturated heterocycles. The molecule has 146 valence electrons. The van der Waals surface area contributed by atoms with Gasteiger partial charge in [0.2, 0.25) is 0 Å². The molecular weight excluding hydrogens is 352 g/mol. The summed E-state index contributed by atoms with van der Waals surface area (Å²) in [5.41, 5.74) is 2.41. The van der Waals surface area contributed by atoms with Gasteiger partial charge in [-0.3, -0.25) is 9.69 Å². The monoisotopic (exact) mass is 378 g/mol. The highest BCUT2D eigenvalue weighted by atomic mass is 16.3. The molecule has 0 unspecified atom stereocenters. The minimum Gasteiger partial charge on any atom is -0.508 e. The molecule has 0 radical (unpaired) electrons. The number of piperidine rings is 3. The second kappa shape index (κ2) is 6.52. The van der Waals surface area contributed by atoms with Crippen molar-refractivity contribution in [1.82, 2.24) is 9.80 Å². The molecule has 2 aromatic carbocycles. The van der Waals surface area contributed by atoms with E-state index in [2.05, 4.69) is 11.0 Å². The van der Waals surface area contributed by atoms with Crippen LogP contribution < -0.4 is 0 Å². The van der Waals surface area contributed by atoms with E-state index < -0.39 is 0 Å². The van der Waals surface area contributed by atoms with Gasteiger partial charge in [0.05, 0.1) is 11.6 Å². The van der Waals surface area contributed by atoms with Gasteiger partial charge in [-0.25, -0.2) is 0 Å². The number of aryl methyl sites for hydroxylation is 1. The van der Waals surface area contributed by atoms with Crippen molar-refractivity contribution < 1.29 is 15.0 Å². The number of fused-ring (bicyclic) bond motifs is 2. The molecule has 4 fully saturated rings. The van der Waals surface area contributed by atoms with Crippen LogP contribution >= 0.6 is 0 Å². The van der Waals surface area contributed by atoms with E-state index in [4.69, 9.17) is 0 Å². The molecule has 5 nitrogen and oxygen atoms in total. The molecule has 6 rings (SSSR count). The van der Waals surface area contributed by atoms with E-state index in [1.54, 1.807) is 18.2 Å². The number of likely N-dealkylation sites (tertiary alicyclic amines) is 1. The van der Waals surface area contributed by atoms with Crippen LogP contribution in [0.2, 0.25) is 0 Å². The van der Waals surface area contributed by atoms with E-state index in [-0.39, 0.29) is 35.4 Å². The summed E-state index contributed by atoms with van der Waals surface area (Å²) in [6, 6.07) is 13.2. The summed E-state index contributed by atoms with van der Waals surface area (Å²) in [5.74, 6) is 0.934. The third kappa shape index (κ3) is 2.68. The molecule has 4 aliphatic rings. The van der Waals surface area contributed by atoms with Crippen molar-refractivity contribution in [2.75, 3.05) is 19.6 Å². The zero-order valence-electron chi connectivity index (χ0n) is 16.1. The number of rotatable bonds is 2. The van der Waals surface area contributed by atoms with Crippen LogP contribution in [0.1, 0.15) is 40.2 Å². The molecule has 0 saturated carbocycles. The van der Waals surface area contributed by atoms with Crippen LogP contribution in [-0.2, 0) is 0 Å². The van der Waals surface area contributed by atoms with Gasteiger partial charge in [0.15, 0.2) is 0 Å². The maximum atomic E-state index is 13.5. The largest absolute Gasteiger partial charge is 0.508 e. The Morgan fingerprint density at radius 3 is 2.54 bits per heavy atom. The SMILES string of the molecule is Cc1ccc(C(=O)N2C[C@H](c3cccc(O)c3)[C@H]3[C@@H]2C2CCN3CC2)c(O)c1. The van der Waals surface area contributed by atoms with Crippen molar-refractivity contribution >= 4 is 5.91 Å². The topological polar surface area (TPSA) is 64.0 Å². The Balaban J connectivity index is 1.54. The molecule has 3 atom stereocenters. The van der Waals surface area contributed by atoms with E-state index in [9.17, 15) is 15.0 Å². The lowest BCUT2D eigenvalue weighted by molar-refractivity contribution is -0.00349. The van der Waals surface area contributed by atoms with E-state index in [0.29, 0.717) is 18.0 Å². The fourth-order valence-corrected chi connectivity index (χ4v) is 5.68. The van der Waals surface area contributed by atoms with Crippen LogP contribution in [0.25, 0.3) is 0 Å². The molecule has 2 aromatic rings. The molecular formula is C23H26N2O3. The number of nitrogens with zero attached hydrogens (tertiary/aromatic N) is 2. The summed E-state index contributed by atoms with van der Waals surface area (Å²) < 4.78 is 0. The highest BCUT2D eigenvalue weighted by Gasteiger charge is 2.54. The Kier molecular flexibility index (Phi) is 4.09. The van der Waals surface area contributed by atoms with Gasteiger partial charge in [0.1, 0.15) is 11.5 Å².